The first-order chi connectivity index (χ1) is 16.5. The van der Waals surface area contributed by atoms with Crippen LogP contribution < -0.4 is 9.47 Å². The van der Waals surface area contributed by atoms with Gasteiger partial charge in [0.2, 0.25) is 5.91 Å². The van der Waals surface area contributed by atoms with Crippen LogP contribution in [0.1, 0.15) is 30.0 Å². The van der Waals surface area contributed by atoms with Crippen molar-refractivity contribution in [3.63, 3.8) is 0 Å². The lowest BCUT2D eigenvalue weighted by Gasteiger charge is -2.27. The largest absolute Gasteiger partial charge is 0.493 e. The van der Waals surface area contributed by atoms with E-state index in [0.717, 1.165) is 50.2 Å². The van der Waals surface area contributed by atoms with E-state index in [9.17, 15) is 4.79 Å². The van der Waals surface area contributed by atoms with E-state index in [4.69, 9.17) is 9.47 Å². The average Bonchev–Trinajstić information content (AvgIpc) is 3.00. The number of benzene rings is 3. The first-order valence-electron chi connectivity index (χ1n) is 12.2. The van der Waals surface area contributed by atoms with Crippen LogP contribution in [0, 0.1) is 0 Å². The third-order valence-electron chi connectivity index (χ3n) is 7.14. The first-order valence-corrected chi connectivity index (χ1v) is 12.2. The van der Waals surface area contributed by atoms with Crippen LogP contribution in [0.25, 0.3) is 10.8 Å². The van der Waals surface area contributed by atoms with Gasteiger partial charge in [-0.3, -0.25) is 4.79 Å². The smallest absolute Gasteiger partial charge is 0.227 e. The van der Waals surface area contributed by atoms with Crippen molar-refractivity contribution in [1.29, 1.82) is 0 Å². The minimum absolute atomic E-state index is 0. The highest BCUT2D eigenvalue weighted by molar-refractivity contribution is 5.86. The Kier molecular flexibility index (Phi) is 9.41. The molecule has 1 heterocycles. The van der Waals surface area contributed by atoms with Gasteiger partial charge in [0.15, 0.2) is 11.5 Å². The van der Waals surface area contributed by atoms with Crippen molar-refractivity contribution < 1.29 is 14.3 Å². The summed E-state index contributed by atoms with van der Waals surface area (Å²) in [6.45, 7) is 4.78. The maximum atomic E-state index is 12.9. The zero-order valence-electron chi connectivity index (χ0n) is 21.3. The summed E-state index contributed by atoms with van der Waals surface area (Å²) in [6, 6.07) is 19.6. The van der Waals surface area contributed by atoms with Crippen molar-refractivity contribution in [2.45, 2.75) is 38.6 Å². The summed E-state index contributed by atoms with van der Waals surface area (Å²) in [5.74, 6) is 1.60. The van der Waals surface area contributed by atoms with Gasteiger partial charge in [-0.1, -0.05) is 42.5 Å². The molecule has 5 nitrogen and oxygen atoms in total. The van der Waals surface area contributed by atoms with Gasteiger partial charge in [-0.25, -0.2) is 0 Å². The molecule has 0 saturated heterocycles. The molecule has 1 amide bonds. The number of halogens is 1. The van der Waals surface area contributed by atoms with Crippen molar-refractivity contribution in [1.82, 2.24) is 9.80 Å². The van der Waals surface area contributed by atoms with Gasteiger partial charge in [-0.05, 0) is 79.4 Å². The quantitative estimate of drug-likeness (QED) is 0.410. The molecule has 0 N–H and O–H groups in total. The number of likely N-dealkylation sites (N-methyl/N-ethyl adjacent to an activating group) is 1. The molecule has 3 aromatic carbocycles. The van der Waals surface area contributed by atoms with Gasteiger partial charge in [0.05, 0.1) is 20.6 Å². The predicted molar refractivity (Wildman–Crippen MR) is 145 cm³/mol. The highest BCUT2D eigenvalue weighted by atomic mass is 35.5. The van der Waals surface area contributed by atoms with Gasteiger partial charge in [0.25, 0.3) is 0 Å². The molecule has 188 valence electrons. The molecule has 1 aliphatic rings. The standard InChI is InChI=1S/C29H36N2O3.ClH/c1-21(17-24-11-7-10-22-9-5-6-12-26(22)24)30(2)14-8-15-31-16-13-23-18-27(33-3)28(34-4)19-25(23)20-29(31)32;/h5-7,9-12,18-19,21H,8,13-17,20H2,1-4H3;1H. The lowest BCUT2D eigenvalue weighted by molar-refractivity contribution is -0.130. The molecule has 6 heteroatoms. The molecule has 1 atom stereocenters. The fourth-order valence-electron chi connectivity index (χ4n) is 4.93. The maximum Gasteiger partial charge on any atom is 0.227 e. The molecule has 0 bridgehead atoms. The van der Waals surface area contributed by atoms with Crippen LogP contribution in [0.2, 0.25) is 0 Å². The number of carbonyl (C=O) groups is 1. The number of fused-ring (bicyclic) bond motifs is 2. The van der Waals surface area contributed by atoms with Gasteiger partial charge in [-0.15, -0.1) is 12.4 Å². The van der Waals surface area contributed by atoms with E-state index in [-0.39, 0.29) is 18.3 Å². The molecular weight excluding hydrogens is 460 g/mol. The van der Waals surface area contributed by atoms with E-state index < -0.39 is 0 Å². The molecule has 0 radical (unpaired) electrons. The summed E-state index contributed by atoms with van der Waals surface area (Å²) in [7, 11) is 5.47. The van der Waals surface area contributed by atoms with Gasteiger partial charge in [0.1, 0.15) is 0 Å². The topological polar surface area (TPSA) is 42.0 Å². The zero-order valence-corrected chi connectivity index (χ0v) is 22.1. The molecule has 4 rings (SSSR count). The number of nitrogens with zero attached hydrogens (tertiary/aromatic N) is 2. The highest BCUT2D eigenvalue weighted by Crippen LogP contribution is 2.32. The summed E-state index contributed by atoms with van der Waals surface area (Å²) in [4.78, 5) is 17.4. The van der Waals surface area contributed by atoms with Crippen LogP contribution >= 0.6 is 12.4 Å². The molecule has 3 aromatic rings. The van der Waals surface area contributed by atoms with Crippen molar-refractivity contribution in [3.8, 4) is 11.5 Å². The Morgan fingerprint density at radius 2 is 1.69 bits per heavy atom. The average molecular weight is 497 g/mol. The Bertz CT molecular complexity index is 1140. The summed E-state index contributed by atoms with van der Waals surface area (Å²) >= 11 is 0. The Balaban J connectivity index is 0.00000342. The lowest BCUT2D eigenvalue weighted by Crippen LogP contribution is -2.37. The number of carbonyl (C=O) groups excluding carboxylic acids is 1. The van der Waals surface area contributed by atoms with Crippen molar-refractivity contribution in [2.75, 3.05) is 40.9 Å². The normalized spacial score (nSPS) is 14.3. The fourth-order valence-corrected chi connectivity index (χ4v) is 4.93. The number of hydrogen-bond donors (Lipinski definition) is 0. The maximum absolute atomic E-state index is 12.9. The van der Waals surface area contributed by atoms with Crippen LogP contribution in [0.3, 0.4) is 0 Å². The van der Waals surface area contributed by atoms with Crippen LogP contribution in [-0.4, -0.2) is 62.7 Å². The molecule has 0 spiro atoms. The monoisotopic (exact) mass is 496 g/mol. The number of ether oxygens (including phenoxy) is 2. The minimum atomic E-state index is 0. The van der Waals surface area contributed by atoms with Crippen molar-refractivity contribution >= 4 is 29.1 Å². The number of amides is 1. The van der Waals surface area contributed by atoms with E-state index in [1.54, 1.807) is 14.2 Å². The third-order valence-corrected chi connectivity index (χ3v) is 7.14. The number of rotatable bonds is 9. The van der Waals surface area contributed by atoms with Gasteiger partial charge >= 0.3 is 0 Å². The number of methoxy groups -OCH3 is 2. The summed E-state index contributed by atoms with van der Waals surface area (Å²) in [5.41, 5.74) is 3.61. The summed E-state index contributed by atoms with van der Waals surface area (Å²) in [5, 5.41) is 2.64. The van der Waals surface area contributed by atoms with Crippen molar-refractivity contribution in [2.24, 2.45) is 0 Å². The van der Waals surface area contributed by atoms with E-state index in [1.165, 1.54) is 21.9 Å². The molecule has 0 aliphatic carbocycles. The Morgan fingerprint density at radius 1 is 1.00 bits per heavy atom. The van der Waals surface area contributed by atoms with E-state index in [1.807, 2.05) is 17.0 Å². The first kappa shape index (κ1) is 26.8. The van der Waals surface area contributed by atoms with Crippen molar-refractivity contribution in [3.05, 3.63) is 71.3 Å². The third kappa shape index (κ3) is 6.28. The van der Waals surface area contributed by atoms with Crippen LogP contribution in [-0.2, 0) is 24.1 Å². The molecule has 0 saturated carbocycles. The molecule has 1 aliphatic heterocycles. The second kappa shape index (κ2) is 12.3. The second-order valence-electron chi connectivity index (χ2n) is 9.31. The van der Waals surface area contributed by atoms with E-state index >= 15 is 0 Å². The highest BCUT2D eigenvalue weighted by Gasteiger charge is 2.23. The Morgan fingerprint density at radius 3 is 2.43 bits per heavy atom. The van der Waals surface area contributed by atoms with Crippen LogP contribution in [0.4, 0.5) is 0 Å². The second-order valence-corrected chi connectivity index (χ2v) is 9.31. The van der Waals surface area contributed by atoms with Gasteiger partial charge in [-0.2, -0.15) is 0 Å². The van der Waals surface area contributed by atoms with Crippen LogP contribution in [0.15, 0.2) is 54.6 Å². The van der Waals surface area contributed by atoms with Gasteiger partial charge in [0, 0.05) is 19.1 Å². The Labute approximate surface area is 215 Å². The number of hydrogen-bond acceptors (Lipinski definition) is 4. The summed E-state index contributed by atoms with van der Waals surface area (Å²) in [6.07, 6.45) is 3.24. The minimum Gasteiger partial charge on any atom is -0.493 e. The molecule has 0 fully saturated rings. The molecular formula is C29H37ClN2O3. The van der Waals surface area contributed by atoms with E-state index in [0.29, 0.717) is 18.2 Å². The molecule has 35 heavy (non-hydrogen) atoms. The zero-order chi connectivity index (χ0) is 24.1. The fraction of sp³-hybridized carbons (Fsp3) is 0.414. The SMILES string of the molecule is COc1cc2c(cc1OC)CC(=O)N(CCCN(C)C(C)Cc1cccc3ccccc13)CC2.Cl. The Hall–Kier alpha value is -2.76. The molecule has 1 unspecified atom stereocenters. The van der Waals surface area contributed by atoms with Crippen LogP contribution in [0.5, 0.6) is 11.5 Å². The molecule has 0 aromatic heterocycles. The van der Waals surface area contributed by atoms with E-state index in [2.05, 4.69) is 61.3 Å². The lowest BCUT2D eigenvalue weighted by atomic mass is 9.99. The predicted octanol–water partition coefficient (Wildman–Crippen LogP) is 5.16. The van der Waals surface area contributed by atoms with Gasteiger partial charge < -0.3 is 19.3 Å². The summed E-state index contributed by atoms with van der Waals surface area (Å²) < 4.78 is 10.9.